The van der Waals surface area contributed by atoms with Crippen LogP contribution in [0.3, 0.4) is 0 Å². The number of hydrogen-bond acceptors (Lipinski definition) is 5. The van der Waals surface area contributed by atoms with Crippen molar-refractivity contribution in [3.63, 3.8) is 0 Å². The zero-order chi connectivity index (χ0) is 26.6. The fourth-order valence-electron chi connectivity index (χ4n) is 6.12. The molecule has 1 amide bonds. The van der Waals surface area contributed by atoms with E-state index in [9.17, 15) is 9.59 Å². The van der Waals surface area contributed by atoms with E-state index in [1.807, 2.05) is 12.1 Å². The van der Waals surface area contributed by atoms with Crippen LogP contribution in [0, 0.1) is 17.8 Å². The molecule has 0 bridgehead atoms. The zero-order valence-corrected chi connectivity index (χ0v) is 24.0. The largest absolute Gasteiger partial charge is 0.489 e. The number of benzene rings is 2. The number of likely N-dealkylation sites (tertiary alicyclic amines) is 1. The van der Waals surface area contributed by atoms with Crippen LogP contribution < -0.4 is 9.04 Å². The average Bonchev–Trinajstić information content (AvgIpc) is 3.48. The van der Waals surface area contributed by atoms with E-state index in [-0.39, 0.29) is 17.8 Å². The maximum absolute atomic E-state index is 13.3. The van der Waals surface area contributed by atoms with Gasteiger partial charge in [-0.2, -0.15) is 0 Å². The van der Waals surface area contributed by atoms with Crippen LogP contribution in [-0.2, 0) is 11.2 Å². The third kappa shape index (κ3) is 6.22. The molecule has 2 heterocycles. The number of carbonyl (C=O) groups is 2. The molecule has 3 aliphatic rings. The highest BCUT2D eigenvalue weighted by atomic mass is 32.2. The maximum atomic E-state index is 13.3. The molecule has 38 heavy (non-hydrogen) atoms. The van der Waals surface area contributed by atoms with Crippen molar-refractivity contribution in [2.45, 2.75) is 83.1 Å². The summed E-state index contributed by atoms with van der Waals surface area (Å²) in [7, 11) is 0. The Balaban J connectivity index is 1.22. The summed E-state index contributed by atoms with van der Waals surface area (Å²) in [6.45, 7) is 9.14. The summed E-state index contributed by atoms with van der Waals surface area (Å²) in [6, 6.07) is 14.8. The van der Waals surface area contributed by atoms with Crippen LogP contribution in [0.1, 0.15) is 81.6 Å². The minimum absolute atomic E-state index is 0.0910. The summed E-state index contributed by atoms with van der Waals surface area (Å²) >= 11 is 1.69. The molecule has 0 N–H and O–H groups in total. The Labute approximate surface area is 232 Å². The lowest BCUT2D eigenvalue weighted by atomic mass is 9.85. The number of anilines is 1. The van der Waals surface area contributed by atoms with Gasteiger partial charge in [-0.15, -0.1) is 0 Å². The Bertz CT molecular complexity index is 1120. The third-order valence-electron chi connectivity index (χ3n) is 8.38. The Hall–Kier alpha value is -2.47. The molecule has 204 valence electrons. The first kappa shape index (κ1) is 27.1. The molecule has 0 spiro atoms. The van der Waals surface area contributed by atoms with Gasteiger partial charge in [0, 0.05) is 42.6 Å². The minimum atomic E-state index is -0.0910. The summed E-state index contributed by atoms with van der Waals surface area (Å²) in [6.07, 6.45) is 7.68. The number of ether oxygens (including phenoxy) is 1. The summed E-state index contributed by atoms with van der Waals surface area (Å²) < 4.78 is 8.75. The van der Waals surface area contributed by atoms with Crippen LogP contribution in [0.15, 0.2) is 47.4 Å². The first-order valence-electron chi connectivity index (χ1n) is 14.6. The molecule has 1 atom stereocenters. The van der Waals surface area contributed by atoms with Crippen molar-refractivity contribution in [2.24, 2.45) is 17.8 Å². The molecular formula is C32H42N2O3S. The summed E-state index contributed by atoms with van der Waals surface area (Å²) in [4.78, 5) is 29.2. The van der Waals surface area contributed by atoms with Gasteiger partial charge in [0.25, 0.3) is 0 Å². The van der Waals surface area contributed by atoms with Gasteiger partial charge in [0.15, 0.2) is 5.78 Å². The predicted molar refractivity (Wildman–Crippen MR) is 155 cm³/mol. The monoisotopic (exact) mass is 534 g/mol. The second kappa shape index (κ2) is 12.1. The van der Waals surface area contributed by atoms with Crippen molar-refractivity contribution in [3.8, 4) is 5.75 Å². The molecule has 2 fully saturated rings. The second-order valence-electron chi connectivity index (χ2n) is 11.7. The lowest BCUT2D eigenvalue weighted by Crippen LogP contribution is -2.45. The van der Waals surface area contributed by atoms with Crippen LogP contribution >= 0.6 is 11.9 Å². The number of carbonyl (C=O) groups excluding carboxylic acids is 2. The van der Waals surface area contributed by atoms with Crippen LogP contribution in [0.5, 0.6) is 5.75 Å². The molecule has 5 nitrogen and oxygen atoms in total. The number of piperidine rings is 1. The predicted octanol–water partition coefficient (Wildman–Crippen LogP) is 7.18. The average molecular weight is 535 g/mol. The molecule has 1 saturated carbocycles. The van der Waals surface area contributed by atoms with E-state index < -0.39 is 0 Å². The van der Waals surface area contributed by atoms with E-state index in [0.29, 0.717) is 35.5 Å². The highest BCUT2D eigenvalue weighted by Crippen LogP contribution is 2.38. The molecule has 2 aromatic carbocycles. The van der Waals surface area contributed by atoms with Crippen molar-refractivity contribution < 1.29 is 14.3 Å². The van der Waals surface area contributed by atoms with Crippen LogP contribution in [-0.4, -0.2) is 42.3 Å². The standard InChI is InChI=1S/C32H42N2O3S/c1-4-23-9-11-26(12-10-23)34(21-22(2)3)38-27-13-14-30-28(19-27)29(35)20-31(37-30)24-15-17-33(18-16-24)32(36)25-7-5-6-8-25/h9-14,19,22,24-25,31H,4-8,15-18,20-21H2,1-3H3. The van der Waals surface area contributed by atoms with Gasteiger partial charge in [-0.3, -0.25) is 9.59 Å². The molecule has 0 aromatic heterocycles. The molecule has 2 aliphatic heterocycles. The number of rotatable bonds is 8. The quantitative estimate of drug-likeness (QED) is 0.336. The number of nitrogens with zero attached hydrogens (tertiary/aromatic N) is 2. The van der Waals surface area contributed by atoms with Gasteiger partial charge in [0.1, 0.15) is 11.9 Å². The van der Waals surface area contributed by atoms with Gasteiger partial charge in [0.05, 0.1) is 5.56 Å². The van der Waals surface area contributed by atoms with Gasteiger partial charge < -0.3 is 13.9 Å². The topological polar surface area (TPSA) is 49.9 Å². The molecule has 1 saturated heterocycles. The second-order valence-corrected chi connectivity index (χ2v) is 12.7. The van der Waals surface area contributed by atoms with E-state index in [1.54, 1.807) is 11.9 Å². The van der Waals surface area contributed by atoms with Crippen LogP contribution in [0.2, 0.25) is 0 Å². The fourth-order valence-corrected chi connectivity index (χ4v) is 7.28. The number of fused-ring (bicyclic) bond motifs is 1. The number of ketones is 1. The lowest BCUT2D eigenvalue weighted by molar-refractivity contribution is -0.137. The minimum Gasteiger partial charge on any atom is -0.489 e. The van der Waals surface area contributed by atoms with Gasteiger partial charge in [-0.25, -0.2) is 0 Å². The first-order valence-corrected chi connectivity index (χ1v) is 15.4. The van der Waals surface area contributed by atoms with E-state index >= 15 is 0 Å². The number of aryl methyl sites for hydroxylation is 1. The highest BCUT2D eigenvalue weighted by Gasteiger charge is 2.36. The van der Waals surface area contributed by atoms with Crippen molar-refractivity contribution in [3.05, 3.63) is 53.6 Å². The molecule has 0 radical (unpaired) electrons. The lowest BCUT2D eigenvalue weighted by Gasteiger charge is -2.38. The van der Waals surface area contributed by atoms with E-state index in [2.05, 4.69) is 60.3 Å². The molecular weight excluding hydrogens is 492 g/mol. The fraction of sp³-hybridized carbons (Fsp3) is 0.562. The van der Waals surface area contributed by atoms with Gasteiger partial charge >= 0.3 is 0 Å². The SMILES string of the molecule is CCc1ccc(N(CC(C)C)Sc2ccc3c(c2)C(=O)CC(C2CCN(C(=O)C4CCCC4)CC2)O3)cc1. The molecule has 1 aliphatic carbocycles. The Morgan fingerprint density at radius 2 is 1.76 bits per heavy atom. The number of hydrogen-bond donors (Lipinski definition) is 0. The van der Waals surface area contributed by atoms with E-state index in [0.717, 1.165) is 56.6 Å². The Kier molecular flexibility index (Phi) is 8.67. The highest BCUT2D eigenvalue weighted by molar-refractivity contribution is 8.00. The molecule has 5 rings (SSSR count). The maximum Gasteiger partial charge on any atom is 0.225 e. The number of Topliss-reactive ketones (excluding diaryl/α,β-unsaturated/α-hetero) is 1. The van der Waals surface area contributed by atoms with E-state index in [1.165, 1.54) is 24.1 Å². The Morgan fingerprint density at radius 3 is 2.42 bits per heavy atom. The van der Waals surface area contributed by atoms with Crippen molar-refractivity contribution in [2.75, 3.05) is 23.9 Å². The summed E-state index contributed by atoms with van der Waals surface area (Å²) in [5, 5.41) is 0. The van der Waals surface area contributed by atoms with Gasteiger partial charge in [0.2, 0.25) is 5.91 Å². The zero-order valence-electron chi connectivity index (χ0n) is 23.2. The third-order valence-corrected chi connectivity index (χ3v) is 9.42. The van der Waals surface area contributed by atoms with Gasteiger partial charge in [-0.05, 0) is 91.8 Å². The first-order chi connectivity index (χ1) is 18.4. The summed E-state index contributed by atoms with van der Waals surface area (Å²) in [5.74, 6) is 2.31. The molecule has 6 heteroatoms. The molecule has 2 aromatic rings. The van der Waals surface area contributed by atoms with Crippen LogP contribution in [0.4, 0.5) is 5.69 Å². The van der Waals surface area contributed by atoms with Crippen molar-refractivity contribution >= 4 is 29.3 Å². The Morgan fingerprint density at radius 1 is 1.05 bits per heavy atom. The van der Waals surface area contributed by atoms with Crippen molar-refractivity contribution in [1.82, 2.24) is 4.90 Å². The normalized spacial score (nSPS) is 20.5. The summed E-state index contributed by atoms with van der Waals surface area (Å²) in [5.41, 5.74) is 3.21. The number of amides is 1. The smallest absolute Gasteiger partial charge is 0.225 e. The van der Waals surface area contributed by atoms with Gasteiger partial charge in [-0.1, -0.05) is 45.7 Å². The molecule has 1 unspecified atom stereocenters. The van der Waals surface area contributed by atoms with E-state index in [4.69, 9.17) is 4.74 Å². The van der Waals surface area contributed by atoms with Crippen molar-refractivity contribution in [1.29, 1.82) is 0 Å². The van der Waals surface area contributed by atoms with Crippen LogP contribution in [0.25, 0.3) is 0 Å².